The summed E-state index contributed by atoms with van der Waals surface area (Å²) in [5.41, 5.74) is 4.29. The normalized spacial score (nSPS) is 20.1. The lowest BCUT2D eigenvalue weighted by Gasteiger charge is -2.38. The number of fused-ring (bicyclic) bond motifs is 3. The molecule has 0 aliphatic carbocycles. The van der Waals surface area contributed by atoms with Gasteiger partial charge in [0.15, 0.2) is 0 Å². The van der Waals surface area contributed by atoms with Crippen molar-refractivity contribution < 1.29 is 9.47 Å². The van der Waals surface area contributed by atoms with Crippen molar-refractivity contribution in [2.24, 2.45) is 5.10 Å². The highest BCUT2D eigenvalue weighted by Gasteiger charge is 2.40. The van der Waals surface area contributed by atoms with Crippen LogP contribution in [0.3, 0.4) is 0 Å². The minimum Gasteiger partial charge on any atom is -0.497 e. The Morgan fingerprint density at radius 3 is 2.68 bits per heavy atom. The van der Waals surface area contributed by atoms with Crippen LogP contribution in [0.1, 0.15) is 35.4 Å². The summed E-state index contributed by atoms with van der Waals surface area (Å²) in [6.07, 6.45) is 0.526. The first-order valence-corrected chi connectivity index (χ1v) is 9.62. The molecule has 5 rings (SSSR count). The number of para-hydroxylation sites is 1. The Kier molecular flexibility index (Phi) is 4.21. The summed E-state index contributed by atoms with van der Waals surface area (Å²) >= 11 is 6.08. The van der Waals surface area contributed by atoms with Crippen molar-refractivity contribution in [2.75, 3.05) is 7.11 Å². The lowest BCUT2D eigenvalue weighted by molar-refractivity contribution is -0.0190. The molecular weight excluding hydrogens is 372 g/mol. The molecule has 0 unspecified atom stereocenters. The van der Waals surface area contributed by atoms with Gasteiger partial charge >= 0.3 is 0 Å². The number of hydrazone groups is 1. The van der Waals surface area contributed by atoms with Crippen LogP contribution >= 0.6 is 11.6 Å². The standard InChI is InChI=1S/C23H19ClN2O2/c1-27-18-6-4-5-16(13-18)20-14-21-19-7-2-3-8-22(19)28-23(26(21)25-20)15-9-11-17(24)12-10-15/h2-13,21,23H,14H2,1H3/t21-,23+/m1/s1. The minimum atomic E-state index is -0.291. The van der Waals surface area contributed by atoms with E-state index in [-0.39, 0.29) is 12.3 Å². The Balaban J connectivity index is 1.58. The van der Waals surface area contributed by atoms with Gasteiger partial charge in [-0.25, -0.2) is 5.01 Å². The van der Waals surface area contributed by atoms with Crippen molar-refractivity contribution in [1.82, 2.24) is 5.01 Å². The molecule has 2 aliphatic heterocycles. The molecule has 2 heterocycles. The Morgan fingerprint density at radius 1 is 1.04 bits per heavy atom. The van der Waals surface area contributed by atoms with E-state index < -0.39 is 0 Å². The molecule has 2 aliphatic rings. The van der Waals surface area contributed by atoms with Gasteiger partial charge in [0.05, 0.1) is 18.9 Å². The number of hydrogen-bond acceptors (Lipinski definition) is 4. The van der Waals surface area contributed by atoms with Crippen molar-refractivity contribution in [3.63, 3.8) is 0 Å². The highest BCUT2D eigenvalue weighted by molar-refractivity contribution is 6.30. The fraction of sp³-hybridized carbons (Fsp3) is 0.174. The number of rotatable bonds is 3. The zero-order valence-electron chi connectivity index (χ0n) is 15.4. The first-order chi connectivity index (χ1) is 13.7. The van der Waals surface area contributed by atoms with Crippen LogP contribution in [0.25, 0.3) is 0 Å². The minimum absolute atomic E-state index is 0.131. The van der Waals surface area contributed by atoms with Crippen LogP contribution in [0.15, 0.2) is 77.9 Å². The molecule has 5 heteroatoms. The van der Waals surface area contributed by atoms with Crippen LogP contribution in [0, 0.1) is 0 Å². The second-order valence-electron chi connectivity index (χ2n) is 6.94. The highest BCUT2D eigenvalue weighted by Crippen LogP contribution is 2.47. The molecule has 28 heavy (non-hydrogen) atoms. The predicted octanol–water partition coefficient (Wildman–Crippen LogP) is 5.59. The summed E-state index contributed by atoms with van der Waals surface area (Å²) in [6.45, 7) is 0. The second kappa shape index (κ2) is 6.88. The zero-order valence-corrected chi connectivity index (χ0v) is 16.1. The first kappa shape index (κ1) is 17.1. The maximum absolute atomic E-state index is 6.35. The fourth-order valence-electron chi connectivity index (χ4n) is 3.86. The van der Waals surface area contributed by atoms with Crippen LogP contribution in [0.4, 0.5) is 0 Å². The molecule has 3 aromatic carbocycles. The molecule has 0 N–H and O–H groups in total. The second-order valence-corrected chi connectivity index (χ2v) is 7.37. The van der Waals surface area contributed by atoms with Crippen molar-refractivity contribution >= 4 is 17.3 Å². The highest BCUT2D eigenvalue weighted by atomic mass is 35.5. The van der Waals surface area contributed by atoms with E-state index in [0.29, 0.717) is 5.02 Å². The van der Waals surface area contributed by atoms with Crippen LogP contribution in [0.2, 0.25) is 5.02 Å². The number of ether oxygens (including phenoxy) is 2. The van der Waals surface area contributed by atoms with E-state index in [0.717, 1.165) is 40.3 Å². The third-order valence-electron chi connectivity index (χ3n) is 5.26. The van der Waals surface area contributed by atoms with Crippen molar-refractivity contribution in [2.45, 2.75) is 18.7 Å². The Bertz CT molecular complexity index is 1050. The Labute approximate surface area is 169 Å². The van der Waals surface area contributed by atoms with Gasteiger partial charge in [-0.1, -0.05) is 54.1 Å². The van der Waals surface area contributed by atoms with E-state index in [9.17, 15) is 0 Å². The number of methoxy groups -OCH3 is 1. The lowest BCUT2D eigenvalue weighted by atomic mass is 9.96. The predicted molar refractivity (Wildman–Crippen MR) is 110 cm³/mol. The molecule has 0 spiro atoms. The van der Waals surface area contributed by atoms with Crippen molar-refractivity contribution in [3.05, 3.63) is 94.5 Å². The molecule has 0 aromatic heterocycles. The summed E-state index contributed by atoms with van der Waals surface area (Å²) in [7, 11) is 1.68. The topological polar surface area (TPSA) is 34.1 Å². The van der Waals surface area contributed by atoms with Gasteiger partial charge in [-0.2, -0.15) is 5.10 Å². The monoisotopic (exact) mass is 390 g/mol. The molecule has 3 aromatic rings. The van der Waals surface area contributed by atoms with Gasteiger partial charge in [-0.05, 0) is 30.3 Å². The molecule has 0 radical (unpaired) electrons. The third kappa shape index (κ3) is 2.90. The number of benzene rings is 3. The summed E-state index contributed by atoms with van der Waals surface area (Å²) < 4.78 is 11.7. The smallest absolute Gasteiger partial charge is 0.213 e. The van der Waals surface area contributed by atoms with Gasteiger partial charge in [0, 0.05) is 28.1 Å². The molecule has 0 saturated carbocycles. The van der Waals surface area contributed by atoms with Gasteiger partial charge in [-0.15, -0.1) is 0 Å². The van der Waals surface area contributed by atoms with Gasteiger partial charge in [0.25, 0.3) is 0 Å². The molecule has 0 fully saturated rings. The molecule has 0 bridgehead atoms. The van der Waals surface area contributed by atoms with E-state index in [1.54, 1.807) is 7.11 Å². The Morgan fingerprint density at radius 2 is 1.86 bits per heavy atom. The molecule has 0 saturated heterocycles. The van der Waals surface area contributed by atoms with Crippen LogP contribution in [-0.4, -0.2) is 17.8 Å². The van der Waals surface area contributed by atoms with E-state index >= 15 is 0 Å². The average Bonchev–Trinajstić information content (AvgIpc) is 3.20. The number of halogens is 1. The van der Waals surface area contributed by atoms with Crippen LogP contribution < -0.4 is 9.47 Å². The van der Waals surface area contributed by atoms with Crippen molar-refractivity contribution in [3.8, 4) is 11.5 Å². The van der Waals surface area contributed by atoms with E-state index in [1.807, 2.05) is 60.7 Å². The summed E-state index contributed by atoms with van der Waals surface area (Å²) in [4.78, 5) is 0. The maximum atomic E-state index is 6.35. The van der Waals surface area contributed by atoms with Crippen LogP contribution in [-0.2, 0) is 0 Å². The lowest BCUT2D eigenvalue weighted by Crippen LogP contribution is -2.33. The van der Waals surface area contributed by atoms with Gasteiger partial charge in [0.2, 0.25) is 6.23 Å². The van der Waals surface area contributed by atoms with E-state index in [4.69, 9.17) is 26.2 Å². The number of nitrogens with zero attached hydrogens (tertiary/aromatic N) is 2. The van der Waals surface area contributed by atoms with Crippen LogP contribution in [0.5, 0.6) is 11.5 Å². The van der Waals surface area contributed by atoms with Gasteiger partial charge in [-0.3, -0.25) is 0 Å². The summed E-state index contributed by atoms with van der Waals surface area (Å²) in [5, 5.41) is 7.75. The summed E-state index contributed by atoms with van der Waals surface area (Å²) in [5.74, 6) is 1.74. The molecule has 140 valence electrons. The molecule has 2 atom stereocenters. The molecule has 0 amide bonds. The first-order valence-electron chi connectivity index (χ1n) is 9.24. The molecular formula is C23H19ClN2O2. The number of hydrogen-bond donors (Lipinski definition) is 0. The Hall–Kier alpha value is -2.98. The van der Waals surface area contributed by atoms with E-state index in [2.05, 4.69) is 17.1 Å². The SMILES string of the molecule is COc1cccc(C2=NN3[C@H](C2)c2ccccc2O[C@H]3c2ccc(Cl)cc2)c1. The van der Waals surface area contributed by atoms with Gasteiger partial charge in [0.1, 0.15) is 11.5 Å². The molecule has 4 nitrogen and oxygen atoms in total. The zero-order chi connectivity index (χ0) is 19.1. The largest absolute Gasteiger partial charge is 0.497 e. The maximum Gasteiger partial charge on any atom is 0.213 e. The van der Waals surface area contributed by atoms with E-state index in [1.165, 1.54) is 0 Å². The van der Waals surface area contributed by atoms with Gasteiger partial charge < -0.3 is 9.47 Å². The fourth-order valence-corrected chi connectivity index (χ4v) is 3.98. The third-order valence-corrected chi connectivity index (χ3v) is 5.51. The van der Waals surface area contributed by atoms with Crippen molar-refractivity contribution in [1.29, 1.82) is 0 Å². The average molecular weight is 391 g/mol. The summed E-state index contributed by atoms with van der Waals surface area (Å²) in [6, 6.07) is 24.1. The quantitative estimate of drug-likeness (QED) is 0.584.